The Morgan fingerprint density at radius 3 is 2.09 bits per heavy atom. The lowest BCUT2D eigenvalue weighted by Gasteiger charge is -2.28. The molecule has 1 aliphatic rings. The molecule has 0 fully saturated rings. The third-order valence-corrected chi connectivity index (χ3v) is 6.28. The molecular weight excluding hydrogens is 406 g/mol. The molecule has 0 saturated carbocycles. The van der Waals surface area contributed by atoms with Gasteiger partial charge in [-0.3, -0.25) is 4.98 Å². The third kappa shape index (κ3) is 3.42. The molecule has 3 nitrogen and oxygen atoms in total. The summed E-state index contributed by atoms with van der Waals surface area (Å²) in [6.07, 6.45) is 0.627. The molecule has 1 atom stereocenters. The predicted octanol–water partition coefficient (Wildman–Crippen LogP) is 7.25. The second-order valence-corrected chi connectivity index (χ2v) is 8.28. The highest BCUT2D eigenvalue weighted by Gasteiger charge is 2.28. The van der Waals surface area contributed by atoms with Gasteiger partial charge in [0.25, 0.3) is 0 Å². The first-order valence-corrected chi connectivity index (χ1v) is 11.2. The first-order chi connectivity index (χ1) is 16.3. The fraction of sp³-hybridized carbons (Fsp3) is 0.100. The van der Waals surface area contributed by atoms with Gasteiger partial charge in [0.2, 0.25) is 0 Å². The average molecular weight is 430 g/mol. The van der Waals surface area contributed by atoms with Gasteiger partial charge in [0.1, 0.15) is 17.6 Å². The summed E-state index contributed by atoms with van der Waals surface area (Å²) in [4.78, 5) is 5.29. The number of rotatable bonds is 4. The van der Waals surface area contributed by atoms with Crippen LogP contribution < -0.4 is 9.47 Å². The lowest BCUT2D eigenvalue weighted by Crippen LogP contribution is -2.17. The lowest BCUT2D eigenvalue weighted by atomic mass is 9.89. The Bertz CT molecular complexity index is 1430. The van der Waals surface area contributed by atoms with E-state index < -0.39 is 0 Å². The molecule has 4 aromatic carbocycles. The average Bonchev–Trinajstić information content (AvgIpc) is 2.89. The first kappa shape index (κ1) is 19.6. The van der Waals surface area contributed by atoms with E-state index in [9.17, 15) is 0 Å². The number of pyridine rings is 1. The second kappa shape index (κ2) is 8.10. The van der Waals surface area contributed by atoms with Crippen molar-refractivity contribution in [3.8, 4) is 33.9 Å². The molecule has 3 heteroatoms. The van der Waals surface area contributed by atoms with Crippen molar-refractivity contribution in [3.05, 3.63) is 114 Å². The van der Waals surface area contributed by atoms with Crippen molar-refractivity contribution >= 4 is 10.8 Å². The van der Waals surface area contributed by atoms with E-state index in [-0.39, 0.29) is 6.10 Å². The summed E-state index contributed by atoms with van der Waals surface area (Å²) in [7, 11) is 1.70. The van der Waals surface area contributed by atoms with Gasteiger partial charge in [-0.25, -0.2) is 0 Å². The topological polar surface area (TPSA) is 31.4 Å². The van der Waals surface area contributed by atoms with Crippen molar-refractivity contribution in [2.45, 2.75) is 12.5 Å². The standard InChI is InChI=1S/C30H23NO2/c1-32-23-17-24-28(21-13-7-3-8-14-21)30(22-15-9-4-10-16-22)31-25-19-26(20-11-5-2-6-12-20)33-27(18-23)29(24)25/h2-18,26H,19H2,1H3. The van der Waals surface area contributed by atoms with Gasteiger partial charge >= 0.3 is 0 Å². The fourth-order valence-electron chi connectivity index (χ4n) is 4.74. The van der Waals surface area contributed by atoms with Crippen LogP contribution in [0.2, 0.25) is 0 Å². The summed E-state index contributed by atoms with van der Waals surface area (Å²) >= 11 is 0. The van der Waals surface area contributed by atoms with Gasteiger partial charge in [0.05, 0.1) is 18.5 Å². The van der Waals surface area contributed by atoms with Crippen molar-refractivity contribution in [1.29, 1.82) is 0 Å². The number of benzene rings is 4. The number of nitrogens with zero attached hydrogens (tertiary/aromatic N) is 1. The minimum atomic E-state index is -0.0901. The first-order valence-electron chi connectivity index (χ1n) is 11.2. The largest absolute Gasteiger partial charge is 0.497 e. The molecule has 0 saturated heterocycles. The maximum absolute atomic E-state index is 6.55. The molecule has 0 N–H and O–H groups in total. The Morgan fingerprint density at radius 1 is 0.788 bits per heavy atom. The molecule has 0 aliphatic carbocycles. The summed E-state index contributed by atoms with van der Waals surface area (Å²) < 4.78 is 12.3. The van der Waals surface area contributed by atoms with E-state index >= 15 is 0 Å². The van der Waals surface area contributed by atoms with Gasteiger partial charge in [0.15, 0.2) is 0 Å². The molecule has 0 amide bonds. The van der Waals surface area contributed by atoms with E-state index in [1.54, 1.807) is 7.11 Å². The van der Waals surface area contributed by atoms with Gasteiger partial charge in [-0.05, 0) is 17.2 Å². The number of hydrogen-bond acceptors (Lipinski definition) is 3. The fourth-order valence-corrected chi connectivity index (χ4v) is 4.74. The predicted molar refractivity (Wildman–Crippen MR) is 133 cm³/mol. The van der Waals surface area contributed by atoms with E-state index in [4.69, 9.17) is 14.5 Å². The van der Waals surface area contributed by atoms with Crippen LogP contribution in [0.1, 0.15) is 17.4 Å². The minimum Gasteiger partial charge on any atom is -0.497 e. The molecule has 160 valence electrons. The van der Waals surface area contributed by atoms with Crippen LogP contribution in [0.15, 0.2) is 103 Å². The molecule has 5 aromatic rings. The van der Waals surface area contributed by atoms with E-state index in [0.717, 1.165) is 62.3 Å². The zero-order valence-corrected chi connectivity index (χ0v) is 18.4. The van der Waals surface area contributed by atoms with Crippen molar-refractivity contribution in [2.24, 2.45) is 0 Å². The van der Waals surface area contributed by atoms with Crippen LogP contribution in [-0.2, 0) is 6.42 Å². The van der Waals surface area contributed by atoms with Crippen LogP contribution >= 0.6 is 0 Å². The highest BCUT2D eigenvalue weighted by Crippen LogP contribution is 2.47. The molecule has 2 heterocycles. The number of aromatic nitrogens is 1. The molecule has 1 aromatic heterocycles. The number of hydrogen-bond donors (Lipinski definition) is 0. The normalized spacial score (nSPS) is 14.6. The Hall–Kier alpha value is -4.11. The monoisotopic (exact) mass is 429 g/mol. The molecule has 6 rings (SSSR count). The summed E-state index contributed by atoms with van der Waals surface area (Å²) in [5, 5.41) is 2.17. The SMILES string of the molecule is COc1cc2c3c(nc(-c4ccccc4)c(-c4ccccc4)c3c1)CC(c1ccccc1)O2. The van der Waals surface area contributed by atoms with E-state index in [1.807, 2.05) is 24.3 Å². The van der Waals surface area contributed by atoms with Crippen LogP contribution in [0.4, 0.5) is 0 Å². The molecule has 1 aliphatic heterocycles. The minimum absolute atomic E-state index is 0.0901. The van der Waals surface area contributed by atoms with Crippen molar-refractivity contribution in [1.82, 2.24) is 4.98 Å². The zero-order chi connectivity index (χ0) is 22.2. The van der Waals surface area contributed by atoms with Crippen molar-refractivity contribution in [2.75, 3.05) is 7.11 Å². The van der Waals surface area contributed by atoms with Crippen molar-refractivity contribution < 1.29 is 9.47 Å². The van der Waals surface area contributed by atoms with Gasteiger partial charge in [0, 0.05) is 34.4 Å². The number of methoxy groups -OCH3 is 1. The summed E-state index contributed by atoms with van der Waals surface area (Å²) in [6.45, 7) is 0. The van der Waals surface area contributed by atoms with Crippen LogP contribution in [0.25, 0.3) is 33.2 Å². The van der Waals surface area contributed by atoms with Gasteiger partial charge in [-0.2, -0.15) is 0 Å². The Morgan fingerprint density at radius 2 is 1.42 bits per heavy atom. The van der Waals surface area contributed by atoms with E-state index in [2.05, 4.69) is 78.9 Å². The van der Waals surface area contributed by atoms with Gasteiger partial charge in [-0.15, -0.1) is 0 Å². The van der Waals surface area contributed by atoms with E-state index in [0.29, 0.717) is 0 Å². The maximum atomic E-state index is 6.55. The molecule has 33 heavy (non-hydrogen) atoms. The highest BCUT2D eigenvalue weighted by molar-refractivity contribution is 6.07. The molecular formula is C30H23NO2. The van der Waals surface area contributed by atoms with Gasteiger partial charge < -0.3 is 9.47 Å². The van der Waals surface area contributed by atoms with Crippen LogP contribution in [0.5, 0.6) is 11.5 Å². The molecule has 0 radical (unpaired) electrons. The summed E-state index contributed by atoms with van der Waals surface area (Å²) in [6, 6.07) is 35.3. The summed E-state index contributed by atoms with van der Waals surface area (Å²) in [5.74, 6) is 1.60. The van der Waals surface area contributed by atoms with Crippen LogP contribution in [-0.4, -0.2) is 12.1 Å². The Kier molecular flexibility index (Phi) is 4.80. The zero-order valence-electron chi connectivity index (χ0n) is 18.4. The quantitative estimate of drug-likeness (QED) is 0.301. The third-order valence-electron chi connectivity index (χ3n) is 6.28. The molecule has 0 bridgehead atoms. The molecule has 0 spiro atoms. The Labute approximate surface area is 193 Å². The highest BCUT2D eigenvalue weighted by atomic mass is 16.5. The number of ether oxygens (including phenoxy) is 2. The smallest absolute Gasteiger partial charge is 0.133 e. The lowest BCUT2D eigenvalue weighted by molar-refractivity contribution is 0.200. The Balaban J connectivity index is 1.67. The maximum Gasteiger partial charge on any atom is 0.133 e. The summed E-state index contributed by atoms with van der Waals surface area (Å²) in [5.41, 5.74) is 6.51. The second-order valence-electron chi connectivity index (χ2n) is 8.28. The van der Waals surface area contributed by atoms with E-state index in [1.165, 1.54) is 0 Å². The molecule has 1 unspecified atom stereocenters. The van der Waals surface area contributed by atoms with Crippen molar-refractivity contribution in [3.63, 3.8) is 0 Å². The van der Waals surface area contributed by atoms with Gasteiger partial charge in [-0.1, -0.05) is 91.0 Å². The van der Waals surface area contributed by atoms with Crippen LogP contribution in [0.3, 0.4) is 0 Å². The van der Waals surface area contributed by atoms with Crippen LogP contribution in [0, 0.1) is 0 Å².